The molecule has 0 radical (unpaired) electrons. The Morgan fingerprint density at radius 2 is 1.89 bits per heavy atom. The lowest BCUT2D eigenvalue weighted by molar-refractivity contribution is -0.134. The number of aryl methyl sites for hydroxylation is 1. The van der Waals surface area contributed by atoms with Gasteiger partial charge in [-0.3, -0.25) is 14.5 Å². The maximum atomic E-state index is 12.6. The molecule has 2 amide bonds. The summed E-state index contributed by atoms with van der Waals surface area (Å²) in [6, 6.07) is 5.76. The number of hydrogen-bond donors (Lipinski definition) is 0. The lowest BCUT2D eigenvalue weighted by atomic mass is 9.70. The summed E-state index contributed by atoms with van der Waals surface area (Å²) < 4.78 is 0. The van der Waals surface area contributed by atoms with Crippen LogP contribution in [0.25, 0.3) is 0 Å². The molecule has 102 valence electrons. The molecule has 1 atom stereocenters. The zero-order valence-corrected chi connectivity index (χ0v) is 12.3. The third kappa shape index (κ3) is 2.07. The van der Waals surface area contributed by atoms with Gasteiger partial charge >= 0.3 is 0 Å². The molecule has 0 bridgehead atoms. The molecule has 1 aliphatic heterocycles. The highest BCUT2D eigenvalue weighted by Crippen LogP contribution is 2.39. The molecule has 0 aliphatic carbocycles. The van der Waals surface area contributed by atoms with Crippen LogP contribution in [-0.2, 0) is 10.2 Å². The molecule has 0 N–H and O–H groups in total. The fourth-order valence-electron chi connectivity index (χ4n) is 3.07. The number of rotatable bonds is 2. The Hall–Kier alpha value is -1.64. The van der Waals surface area contributed by atoms with Gasteiger partial charge in [0, 0.05) is 12.6 Å². The van der Waals surface area contributed by atoms with Crippen molar-refractivity contribution in [2.45, 2.75) is 39.5 Å². The molecule has 0 fully saturated rings. The van der Waals surface area contributed by atoms with E-state index >= 15 is 0 Å². The highest BCUT2D eigenvalue weighted by molar-refractivity contribution is 6.12. The zero-order valence-electron chi connectivity index (χ0n) is 12.3. The molecule has 3 nitrogen and oxygen atoms in total. The van der Waals surface area contributed by atoms with E-state index < -0.39 is 5.41 Å². The van der Waals surface area contributed by atoms with Crippen molar-refractivity contribution in [3.8, 4) is 0 Å². The highest BCUT2D eigenvalue weighted by Gasteiger charge is 2.46. The molecular formula is C16H21NO2. The van der Waals surface area contributed by atoms with Crippen molar-refractivity contribution in [2.75, 3.05) is 7.05 Å². The summed E-state index contributed by atoms with van der Waals surface area (Å²) in [6.45, 7) is 8.15. The highest BCUT2D eigenvalue weighted by atomic mass is 16.2. The number of nitrogens with zero attached hydrogens (tertiary/aromatic N) is 1. The standard InChI is InChI=1S/C16H21NO2/c1-10(2)9-16(4)13-8-11(3)6-7-12(13)14(18)17(5)15(16)19/h6-8,10H,9H2,1-5H3. The Balaban J connectivity index is 2.67. The van der Waals surface area contributed by atoms with Crippen molar-refractivity contribution in [2.24, 2.45) is 5.92 Å². The molecular weight excluding hydrogens is 238 g/mol. The molecule has 3 heteroatoms. The number of carbonyl (C=O) groups excluding carboxylic acids is 2. The number of imide groups is 1. The van der Waals surface area contributed by atoms with Crippen LogP contribution in [0.2, 0.25) is 0 Å². The number of benzene rings is 1. The smallest absolute Gasteiger partial charge is 0.260 e. The van der Waals surface area contributed by atoms with Gasteiger partial charge in [-0.15, -0.1) is 0 Å². The first-order valence-corrected chi connectivity index (χ1v) is 6.71. The van der Waals surface area contributed by atoms with Gasteiger partial charge in [0.15, 0.2) is 0 Å². The van der Waals surface area contributed by atoms with Gasteiger partial charge in [-0.25, -0.2) is 0 Å². The van der Waals surface area contributed by atoms with E-state index in [4.69, 9.17) is 0 Å². The maximum absolute atomic E-state index is 12.6. The maximum Gasteiger partial charge on any atom is 0.260 e. The van der Waals surface area contributed by atoms with Gasteiger partial charge in [-0.2, -0.15) is 0 Å². The van der Waals surface area contributed by atoms with E-state index in [1.807, 2.05) is 32.0 Å². The summed E-state index contributed by atoms with van der Waals surface area (Å²) in [5.41, 5.74) is 2.03. The molecule has 2 rings (SSSR count). The van der Waals surface area contributed by atoms with Crippen molar-refractivity contribution >= 4 is 11.8 Å². The molecule has 1 aromatic rings. The predicted octanol–water partition coefficient (Wildman–Crippen LogP) is 2.91. The van der Waals surface area contributed by atoms with E-state index in [0.29, 0.717) is 11.5 Å². The van der Waals surface area contributed by atoms with Crippen LogP contribution < -0.4 is 0 Å². The Kier molecular flexibility index (Phi) is 3.25. The lowest BCUT2D eigenvalue weighted by Crippen LogP contribution is -2.51. The van der Waals surface area contributed by atoms with E-state index in [2.05, 4.69) is 13.8 Å². The zero-order chi connectivity index (χ0) is 14.4. The fourth-order valence-corrected chi connectivity index (χ4v) is 3.07. The van der Waals surface area contributed by atoms with Crippen LogP contribution >= 0.6 is 0 Å². The molecule has 0 saturated carbocycles. The normalized spacial score (nSPS) is 22.9. The molecule has 1 heterocycles. The summed E-state index contributed by atoms with van der Waals surface area (Å²) in [5, 5.41) is 0. The summed E-state index contributed by atoms with van der Waals surface area (Å²) >= 11 is 0. The second-order valence-corrected chi connectivity index (χ2v) is 6.15. The van der Waals surface area contributed by atoms with Crippen molar-refractivity contribution in [1.29, 1.82) is 0 Å². The van der Waals surface area contributed by atoms with E-state index in [0.717, 1.165) is 17.5 Å². The second kappa shape index (κ2) is 4.48. The predicted molar refractivity (Wildman–Crippen MR) is 75.1 cm³/mol. The first kappa shape index (κ1) is 13.8. The Bertz CT molecular complexity index is 548. The first-order chi connectivity index (χ1) is 8.77. The minimum Gasteiger partial charge on any atom is -0.281 e. The Morgan fingerprint density at radius 3 is 2.47 bits per heavy atom. The minimum absolute atomic E-state index is 0.0932. The Morgan fingerprint density at radius 1 is 1.26 bits per heavy atom. The summed E-state index contributed by atoms with van der Waals surface area (Å²) in [5.74, 6) is 0.106. The van der Waals surface area contributed by atoms with Crippen LogP contribution in [0.1, 0.15) is 48.7 Å². The third-order valence-electron chi connectivity index (χ3n) is 3.90. The number of carbonyl (C=O) groups is 2. The van der Waals surface area contributed by atoms with Crippen molar-refractivity contribution in [1.82, 2.24) is 4.90 Å². The van der Waals surface area contributed by atoms with Gasteiger partial charge in [0.25, 0.3) is 5.91 Å². The average Bonchev–Trinajstić information content (AvgIpc) is 2.33. The van der Waals surface area contributed by atoms with Gasteiger partial charge < -0.3 is 0 Å². The molecule has 0 aromatic heterocycles. The largest absolute Gasteiger partial charge is 0.281 e. The number of amides is 2. The minimum atomic E-state index is -0.599. The van der Waals surface area contributed by atoms with Crippen LogP contribution in [0.5, 0.6) is 0 Å². The lowest BCUT2D eigenvalue weighted by Gasteiger charge is -2.39. The van der Waals surface area contributed by atoms with E-state index in [9.17, 15) is 9.59 Å². The monoisotopic (exact) mass is 259 g/mol. The van der Waals surface area contributed by atoms with Gasteiger partial charge in [0.05, 0.1) is 5.41 Å². The number of likely N-dealkylation sites (N-methyl/N-ethyl adjacent to an activating group) is 1. The molecule has 1 unspecified atom stereocenters. The topological polar surface area (TPSA) is 37.4 Å². The molecule has 1 aromatic carbocycles. The van der Waals surface area contributed by atoms with E-state index in [-0.39, 0.29) is 11.8 Å². The van der Waals surface area contributed by atoms with Gasteiger partial charge in [-0.05, 0) is 37.8 Å². The Labute approximate surface area is 114 Å². The van der Waals surface area contributed by atoms with Crippen LogP contribution in [0.4, 0.5) is 0 Å². The summed E-state index contributed by atoms with van der Waals surface area (Å²) in [6.07, 6.45) is 0.750. The van der Waals surface area contributed by atoms with Crippen LogP contribution in [0.15, 0.2) is 18.2 Å². The summed E-state index contributed by atoms with van der Waals surface area (Å²) in [7, 11) is 1.58. The summed E-state index contributed by atoms with van der Waals surface area (Å²) in [4.78, 5) is 26.1. The fraction of sp³-hybridized carbons (Fsp3) is 0.500. The molecule has 0 saturated heterocycles. The average molecular weight is 259 g/mol. The molecule has 0 spiro atoms. The van der Waals surface area contributed by atoms with Gasteiger partial charge in [-0.1, -0.05) is 31.5 Å². The van der Waals surface area contributed by atoms with Crippen molar-refractivity contribution < 1.29 is 9.59 Å². The molecule has 19 heavy (non-hydrogen) atoms. The third-order valence-corrected chi connectivity index (χ3v) is 3.90. The first-order valence-electron chi connectivity index (χ1n) is 6.71. The van der Waals surface area contributed by atoms with Gasteiger partial charge in [0.2, 0.25) is 5.91 Å². The van der Waals surface area contributed by atoms with Crippen LogP contribution in [-0.4, -0.2) is 23.8 Å². The van der Waals surface area contributed by atoms with Crippen molar-refractivity contribution in [3.63, 3.8) is 0 Å². The second-order valence-electron chi connectivity index (χ2n) is 6.15. The SMILES string of the molecule is Cc1ccc2c(c1)C(C)(CC(C)C)C(=O)N(C)C2=O. The van der Waals surface area contributed by atoms with Crippen molar-refractivity contribution in [3.05, 3.63) is 34.9 Å². The number of fused-ring (bicyclic) bond motifs is 1. The number of hydrogen-bond acceptors (Lipinski definition) is 2. The van der Waals surface area contributed by atoms with Crippen LogP contribution in [0, 0.1) is 12.8 Å². The van der Waals surface area contributed by atoms with E-state index in [1.54, 1.807) is 7.05 Å². The van der Waals surface area contributed by atoms with Gasteiger partial charge in [0.1, 0.15) is 0 Å². The van der Waals surface area contributed by atoms with Crippen LogP contribution in [0.3, 0.4) is 0 Å². The van der Waals surface area contributed by atoms with E-state index in [1.165, 1.54) is 4.90 Å². The molecule has 1 aliphatic rings. The quantitative estimate of drug-likeness (QED) is 0.766.